The van der Waals surface area contributed by atoms with Crippen LogP contribution in [-0.2, 0) is 17.6 Å². The minimum atomic E-state index is -0.589. The van der Waals surface area contributed by atoms with Gasteiger partial charge in [0.2, 0.25) is 5.91 Å². The average molecular weight is 443 g/mol. The zero-order valence-electron chi connectivity index (χ0n) is 19.1. The van der Waals surface area contributed by atoms with Crippen molar-refractivity contribution in [1.82, 2.24) is 19.6 Å². The largest absolute Gasteiger partial charge is 0.338 e. The van der Waals surface area contributed by atoms with Gasteiger partial charge in [-0.1, -0.05) is 60.7 Å². The van der Waals surface area contributed by atoms with E-state index in [-0.39, 0.29) is 17.5 Å². The molecule has 0 N–H and O–H groups in total. The number of hydrogen-bond donors (Lipinski definition) is 0. The molecule has 1 saturated heterocycles. The zero-order chi connectivity index (χ0) is 22.8. The van der Waals surface area contributed by atoms with Gasteiger partial charge >= 0.3 is 0 Å². The van der Waals surface area contributed by atoms with Gasteiger partial charge in [0.05, 0.1) is 11.7 Å². The number of rotatable bonds is 5. The Morgan fingerprint density at radius 2 is 1.48 bits per heavy atom. The summed E-state index contributed by atoms with van der Waals surface area (Å²) < 4.78 is 1.38. The Bertz CT molecular complexity index is 1130. The molecule has 33 heavy (non-hydrogen) atoms. The van der Waals surface area contributed by atoms with Crippen molar-refractivity contribution in [2.75, 3.05) is 26.2 Å². The van der Waals surface area contributed by atoms with Gasteiger partial charge < -0.3 is 4.90 Å². The molecular formula is C27H30N4O2. The highest BCUT2D eigenvalue weighted by Gasteiger charge is 2.31. The molecule has 170 valence electrons. The average Bonchev–Trinajstić information content (AvgIpc) is 3.32. The molecule has 1 amide bonds. The third-order valence-electron chi connectivity index (χ3n) is 6.93. The van der Waals surface area contributed by atoms with Crippen LogP contribution in [0.4, 0.5) is 0 Å². The fourth-order valence-electron chi connectivity index (χ4n) is 5.15. The maximum atomic E-state index is 13.3. The van der Waals surface area contributed by atoms with Gasteiger partial charge in [-0.25, -0.2) is 4.68 Å². The first-order valence-corrected chi connectivity index (χ1v) is 11.9. The first-order chi connectivity index (χ1) is 16.1. The maximum Gasteiger partial charge on any atom is 0.267 e. The smallest absolute Gasteiger partial charge is 0.267 e. The molecule has 1 fully saturated rings. The Hall–Kier alpha value is -3.25. The molecule has 2 aromatic carbocycles. The van der Waals surface area contributed by atoms with Crippen LogP contribution in [0.1, 0.15) is 47.8 Å². The molecule has 1 unspecified atom stereocenters. The highest BCUT2D eigenvalue weighted by molar-refractivity contribution is 5.80. The molecule has 6 heteroatoms. The zero-order valence-corrected chi connectivity index (χ0v) is 19.1. The van der Waals surface area contributed by atoms with Gasteiger partial charge in [0.15, 0.2) is 0 Å². The lowest BCUT2D eigenvalue weighted by atomic mass is 9.96. The summed E-state index contributed by atoms with van der Waals surface area (Å²) in [7, 11) is 0. The number of benzene rings is 2. The topological polar surface area (TPSA) is 58.4 Å². The molecule has 1 aromatic heterocycles. The van der Waals surface area contributed by atoms with E-state index in [1.165, 1.54) is 15.8 Å². The SMILES string of the molecule is CC(C(=O)N1CCN(C(c2ccccc2)c2ccccc2)CC1)n1nc2c(cc1=O)CCC2. The molecule has 1 aliphatic heterocycles. The Morgan fingerprint density at radius 1 is 0.879 bits per heavy atom. The highest BCUT2D eigenvalue weighted by Crippen LogP contribution is 2.29. The van der Waals surface area contributed by atoms with Crippen molar-refractivity contribution in [3.8, 4) is 0 Å². The summed E-state index contributed by atoms with van der Waals surface area (Å²) in [6.07, 6.45) is 2.82. The minimum absolute atomic E-state index is 0.0295. The van der Waals surface area contributed by atoms with Gasteiger partial charge in [0, 0.05) is 32.2 Å². The second-order valence-electron chi connectivity index (χ2n) is 9.01. The van der Waals surface area contributed by atoms with Crippen molar-refractivity contribution in [2.45, 2.75) is 38.3 Å². The predicted octanol–water partition coefficient (Wildman–Crippen LogP) is 3.23. The van der Waals surface area contributed by atoms with Crippen LogP contribution in [0, 0.1) is 0 Å². The maximum absolute atomic E-state index is 13.3. The van der Waals surface area contributed by atoms with Crippen LogP contribution in [0.3, 0.4) is 0 Å². The second kappa shape index (κ2) is 9.32. The molecule has 0 bridgehead atoms. The Balaban J connectivity index is 1.31. The molecule has 2 aliphatic rings. The van der Waals surface area contributed by atoms with Crippen LogP contribution in [0.2, 0.25) is 0 Å². The summed E-state index contributed by atoms with van der Waals surface area (Å²) in [5, 5.41) is 4.54. The lowest BCUT2D eigenvalue weighted by Crippen LogP contribution is -2.52. The fraction of sp³-hybridized carbons (Fsp3) is 0.370. The van der Waals surface area contributed by atoms with Gasteiger partial charge in [0.1, 0.15) is 6.04 Å². The standard InChI is InChI=1S/C27H30N4O2/c1-20(31-25(32)19-23-13-8-14-24(23)28-31)27(33)30-17-15-29(16-18-30)26(21-9-4-2-5-10-21)22-11-6-3-7-12-22/h2-7,9-12,19-20,26H,8,13-18H2,1H3. The number of piperazine rings is 1. The van der Waals surface area contributed by atoms with E-state index in [1.54, 1.807) is 13.0 Å². The number of aryl methyl sites for hydroxylation is 2. The quantitative estimate of drug-likeness (QED) is 0.609. The fourth-order valence-corrected chi connectivity index (χ4v) is 5.15. The van der Waals surface area contributed by atoms with E-state index in [4.69, 9.17) is 0 Å². The van der Waals surface area contributed by atoms with Crippen LogP contribution >= 0.6 is 0 Å². The third kappa shape index (κ3) is 4.35. The van der Waals surface area contributed by atoms with Crippen LogP contribution in [0.5, 0.6) is 0 Å². The lowest BCUT2D eigenvalue weighted by molar-refractivity contribution is -0.136. The number of fused-ring (bicyclic) bond motifs is 1. The lowest BCUT2D eigenvalue weighted by Gasteiger charge is -2.40. The van der Waals surface area contributed by atoms with Crippen LogP contribution < -0.4 is 5.56 Å². The van der Waals surface area contributed by atoms with Crippen molar-refractivity contribution < 1.29 is 4.79 Å². The number of nitrogens with zero attached hydrogens (tertiary/aromatic N) is 4. The summed E-state index contributed by atoms with van der Waals surface area (Å²) in [6, 6.07) is 22.3. The molecule has 3 aromatic rings. The molecule has 1 atom stereocenters. The molecule has 5 rings (SSSR count). The van der Waals surface area contributed by atoms with Crippen LogP contribution in [-0.4, -0.2) is 51.7 Å². The Kier molecular flexibility index (Phi) is 6.09. The molecule has 6 nitrogen and oxygen atoms in total. The molecule has 0 radical (unpaired) electrons. The van der Waals surface area contributed by atoms with E-state index in [0.29, 0.717) is 13.1 Å². The van der Waals surface area contributed by atoms with Crippen molar-refractivity contribution in [3.63, 3.8) is 0 Å². The number of aromatic nitrogens is 2. The van der Waals surface area contributed by atoms with Gasteiger partial charge in [-0.15, -0.1) is 0 Å². The van der Waals surface area contributed by atoms with E-state index in [1.807, 2.05) is 17.0 Å². The summed E-state index contributed by atoms with van der Waals surface area (Å²) >= 11 is 0. The molecule has 2 heterocycles. The summed E-state index contributed by atoms with van der Waals surface area (Å²) in [5.41, 5.74) is 4.34. The second-order valence-corrected chi connectivity index (χ2v) is 9.01. The Labute approximate surface area is 194 Å². The van der Waals surface area contributed by atoms with Gasteiger partial charge in [0.25, 0.3) is 5.56 Å². The Morgan fingerprint density at radius 3 is 2.09 bits per heavy atom. The number of amides is 1. The summed E-state index contributed by atoms with van der Waals surface area (Å²) in [5.74, 6) is -0.0295. The van der Waals surface area contributed by atoms with Crippen LogP contribution in [0.15, 0.2) is 71.5 Å². The van der Waals surface area contributed by atoms with Gasteiger partial charge in [-0.05, 0) is 42.9 Å². The first-order valence-electron chi connectivity index (χ1n) is 11.9. The highest BCUT2D eigenvalue weighted by atomic mass is 16.2. The van der Waals surface area contributed by atoms with E-state index in [2.05, 4.69) is 58.5 Å². The predicted molar refractivity (Wildman–Crippen MR) is 128 cm³/mol. The summed E-state index contributed by atoms with van der Waals surface area (Å²) in [6.45, 7) is 4.62. The monoisotopic (exact) mass is 442 g/mol. The third-order valence-corrected chi connectivity index (χ3v) is 6.93. The van der Waals surface area contributed by atoms with E-state index >= 15 is 0 Å². The van der Waals surface area contributed by atoms with E-state index < -0.39 is 6.04 Å². The number of hydrogen-bond acceptors (Lipinski definition) is 4. The van der Waals surface area contributed by atoms with Crippen molar-refractivity contribution >= 4 is 5.91 Å². The molecule has 0 saturated carbocycles. The first kappa shape index (κ1) is 21.6. The van der Waals surface area contributed by atoms with Crippen molar-refractivity contribution in [1.29, 1.82) is 0 Å². The van der Waals surface area contributed by atoms with Crippen molar-refractivity contribution in [2.24, 2.45) is 0 Å². The number of carbonyl (C=O) groups is 1. The van der Waals surface area contributed by atoms with E-state index in [0.717, 1.165) is 43.6 Å². The minimum Gasteiger partial charge on any atom is -0.338 e. The van der Waals surface area contributed by atoms with Gasteiger partial charge in [-0.3, -0.25) is 14.5 Å². The van der Waals surface area contributed by atoms with E-state index in [9.17, 15) is 9.59 Å². The van der Waals surface area contributed by atoms with Crippen LogP contribution in [0.25, 0.3) is 0 Å². The van der Waals surface area contributed by atoms with Gasteiger partial charge in [-0.2, -0.15) is 5.10 Å². The molecular weight excluding hydrogens is 412 g/mol. The molecule has 0 spiro atoms. The number of carbonyl (C=O) groups excluding carboxylic acids is 1. The molecule has 1 aliphatic carbocycles. The van der Waals surface area contributed by atoms with Crippen molar-refractivity contribution in [3.05, 3.63) is 99.5 Å². The normalized spacial score (nSPS) is 17.2. The summed E-state index contributed by atoms with van der Waals surface area (Å²) in [4.78, 5) is 30.2.